The zero-order chi connectivity index (χ0) is 17.7. The Balaban J connectivity index is 2.19. The molecule has 128 valence electrons. The average molecular weight is 359 g/mol. The van der Waals surface area contributed by atoms with Crippen LogP contribution in [-0.2, 0) is 12.6 Å². The lowest BCUT2D eigenvalue weighted by molar-refractivity contribution is -0.136. The highest BCUT2D eigenvalue weighted by molar-refractivity contribution is 6.30. The third-order valence-corrected chi connectivity index (χ3v) is 3.42. The molecule has 0 radical (unpaired) electrons. The van der Waals surface area contributed by atoms with Crippen molar-refractivity contribution in [2.45, 2.75) is 12.6 Å². The standard InChI is InChI=1S/C16H14ClF3N2O2/c17-11-5-6-14(12(9-11)16(18,19)20)22-15(24)21-13-4-2-1-3-10(13)7-8-23/h1-6,9,23H,7-8H2,(H2,21,22,24). The molecule has 0 aliphatic rings. The van der Waals surface area contributed by atoms with E-state index in [-0.39, 0.29) is 11.6 Å². The van der Waals surface area contributed by atoms with Gasteiger partial charge in [-0.25, -0.2) is 4.79 Å². The number of carbonyl (C=O) groups excluding carboxylic acids is 1. The predicted molar refractivity (Wildman–Crippen MR) is 86.3 cm³/mol. The van der Waals surface area contributed by atoms with E-state index in [1.54, 1.807) is 24.3 Å². The van der Waals surface area contributed by atoms with E-state index >= 15 is 0 Å². The molecule has 0 atom stereocenters. The Hall–Kier alpha value is -2.25. The first-order valence-corrected chi connectivity index (χ1v) is 7.32. The van der Waals surface area contributed by atoms with Crippen LogP contribution >= 0.6 is 11.6 Å². The maximum atomic E-state index is 13.0. The highest BCUT2D eigenvalue weighted by Crippen LogP contribution is 2.36. The second-order valence-corrected chi connectivity index (χ2v) is 5.33. The molecule has 0 aliphatic heterocycles. The molecule has 3 N–H and O–H groups in total. The van der Waals surface area contributed by atoms with Gasteiger partial charge >= 0.3 is 12.2 Å². The van der Waals surface area contributed by atoms with Crippen molar-refractivity contribution in [2.24, 2.45) is 0 Å². The summed E-state index contributed by atoms with van der Waals surface area (Å²) < 4.78 is 39.0. The van der Waals surface area contributed by atoms with Gasteiger partial charge in [0.15, 0.2) is 0 Å². The summed E-state index contributed by atoms with van der Waals surface area (Å²) in [5, 5.41) is 13.6. The van der Waals surface area contributed by atoms with E-state index in [4.69, 9.17) is 16.7 Å². The van der Waals surface area contributed by atoms with E-state index in [2.05, 4.69) is 10.6 Å². The van der Waals surface area contributed by atoms with Gasteiger partial charge in [-0.2, -0.15) is 13.2 Å². The number of anilines is 2. The van der Waals surface area contributed by atoms with Crippen LogP contribution in [0.4, 0.5) is 29.3 Å². The van der Waals surface area contributed by atoms with Crippen molar-refractivity contribution in [1.29, 1.82) is 0 Å². The molecule has 2 amide bonds. The van der Waals surface area contributed by atoms with Gasteiger partial charge in [-0.1, -0.05) is 29.8 Å². The van der Waals surface area contributed by atoms with E-state index in [1.165, 1.54) is 6.07 Å². The Morgan fingerprint density at radius 1 is 1.08 bits per heavy atom. The van der Waals surface area contributed by atoms with Crippen LogP contribution in [0, 0.1) is 0 Å². The number of aliphatic hydroxyl groups excluding tert-OH is 1. The number of alkyl halides is 3. The van der Waals surface area contributed by atoms with Gasteiger partial charge in [0.25, 0.3) is 0 Å². The van der Waals surface area contributed by atoms with E-state index < -0.39 is 23.5 Å². The summed E-state index contributed by atoms with van der Waals surface area (Å²) in [6, 6.07) is 8.96. The molecule has 0 fully saturated rings. The van der Waals surface area contributed by atoms with E-state index in [1.807, 2.05) is 0 Å². The normalized spacial score (nSPS) is 11.2. The van der Waals surface area contributed by atoms with Crippen LogP contribution in [0.15, 0.2) is 42.5 Å². The van der Waals surface area contributed by atoms with Crippen molar-refractivity contribution in [3.8, 4) is 0 Å². The summed E-state index contributed by atoms with van der Waals surface area (Å²) in [7, 11) is 0. The minimum absolute atomic E-state index is 0.0819. The van der Waals surface area contributed by atoms with Crippen LogP contribution in [0.2, 0.25) is 5.02 Å². The summed E-state index contributed by atoms with van der Waals surface area (Å²) in [5.41, 5.74) is -0.355. The van der Waals surface area contributed by atoms with E-state index in [0.717, 1.165) is 12.1 Å². The fourth-order valence-corrected chi connectivity index (χ4v) is 2.29. The quantitative estimate of drug-likeness (QED) is 0.751. The van der Waals surface area contributed by atoms with Crippen molar-refractivity contribution in [3.63, 3.8) is 0 Å². The zero-order valence-corrected chi connectivity index (χ0v) is 13.1. The molecule has 4 nitrogen and oxygen atoms in total. The van der Waals surface area contributed by atoms with Crippen LogP contribution in [0.1, 0.15) is 11.1 Å². The average Bonchev–Trinajstić information content (AvgIpc) is 2.50. The van der Waals surface area contributed by atoms with Gasteiger partial charge in [-0.3, -0.25) is 0 Å². The van der Waals surface area contributed by atoms with Gasteiger partial charge in [0.2, 0.25) is 0 Å². The number of hydrogen-bond acceptors (Lipinski definition) is 2. The van der Waals surface area contributed by atoms with Crippen LogP contribution in [0.25, 0.3) is 0 Å². The van der Waals surface area contributed by atoms with Crippen LogP contribution in [-0.4, -0.2) is 17.7 Å². The predicted octanol–water partition coefficient (Wildman–Crippen LogP) is 4.54. The number of hydrogen-bond donors (Lipinski definition) is 3. The number of nitrogens with one attached hydrogen (secondary N) is 2. The Kier molecular flexibility index (Phi) is 5.69. The van der Waals surface area contributed by atoms with Crippen LogP contribution < -0.4 is 10.6 Å². The summed E-state index contributed by atoms with van der Waals surface area (Å²) in [5.74, 6) is 0. The van der Waals surface area contributed by atoms with Gasteiger partial charge in [-0.15, -0.1) is 0 Å². The molecular formula is C16H14ClF3N2O2. The number of benzene rings is 2. The molecule has 8 heteroatoms. The molecule has 0 saturated heterocycles. The Bertz CT molecular complexity index is 736. The molecule has 24 heavy (non-hydrogen) atoms. The molecule has 0 aliphatic carbocycles. The van der Waals surface area contributed by atoms with Crippen molar-refractivity contribution in [2.75, 3.05) is 17.2 Å². The smallest absolute Gasteiger partial charge is 0.396 e. The molecule has 0 spiro atoms. The summed E-state index contributed by atoms with van der Waals surface area (Å²) in [6.45, 7) is -0.115. The number of rotatable bonds is 4. The van der Waals surface area contributed by atoms with Gasteiger partial charge in [0.1, 0.15) is 0 Å². The highest BCUT2D eigenvalue weighted by atomic mass is 35.5. The zero-order valence-electron chi connectivity index (χ0n) is 12.3. The Morgan fingerprint density at radius 3 is 2.42 bits per heavy atom. The first-order valence-electron chi connectivity index (χ1n) is 6.95. The first kappa shape index (κ1) is 18.1. The molecule has 0 unspecified atom stereocenters. The van der Waals surface area contributed by atoms with Crippen molar-refractivity contribution >= 4 is 29.0 Å². The van der Waals surface area contributed by atoms with Crippen molar-refractivity contribution in [3.05, 3.63) is 58.6 Å². The summed E-state index contributed by atoms with van der Waals surface area (Å²) in [4.78, 5) is 12.0. The number of carbonyl (C=O) groups is 1. The maximum Gasteiger partial charge on any atom is 0.418 e. The lowest BCUT2D eigenvalue weighted by Crippen LogP contribution is -2.22. The van der Waals surface area contributed by atoms with Gasteiger partial charge < -0.3 is 15.7 Å². The lowest BCUT2D eigenvalue weighted by atomic mass is 10.1. The molecular weight excluding hydrogens is 345 g/mol. The number of urea groups is 1. The van der Waals surface area contributed by atoms with Crippen molar-refractivity contribution in [1.82, 2.24) is 0 Å². The topological polar surface area (TPSA) is 61.4 Å². The number of aliphatic hydroxyl groups is 1. The monoisotopic (exact) mass is 358 g/mol. The SMILES string of the molecule is O=C(Nc1ccccc1CCO)Nc1ccc(Cl)cc1C(F)(F)F. The first-order chi connectivity index (χ1) is 11.3. The Morgan fingerprint density at radius 2 is 1.75 bits per heavy atom. The number of para-hydroxylation sites is 1. The summed E-state index contributed by atoms with van der Waals surface area (Å²) in [6.07, 6.45) is -4.34. The molecule has 0 heterocycles. The molecule has 2 aromatic rings. The van der Waals surface area contributed by atoms with Crippen molar-refractivity contribution < 1.29 is 23.1 Å². The number of halogens is 4. The summed E-state index contributed by atoms with van der Waals surface area (Å²) >= 11 is 5.59. The van der Waals surface area contributed by atoms with Gasteiger partial charge in [-0.05, 0) is 36.2 Å². The molecule has 0 aromatic heterocycles. The maximum absolute atomic E-state index is 13.0. The number of amides is 2. The van der Waals surface area contributed by atoms with Crippen LogP contribution in [0.5, 0.6) is 0 Å². The van der Waals surface area contributed by atoms with E-state index in [9.17, 15) is 18.0 Å². The third-order valence-electron chi connectivity index (χ3n) is 3.18. The highest BCUT2D eigenvalue weighted by Gasteiger charge is 2.34. The molecule has 2 aromatic carbocycles. The van der Waals surface area contributed by atoms with E-state index in [0.29, 0.717) is 17.7 Å². The van der Waals surface area contributed by atoms with Gasteiger partial charge in [0, 0.05) is 17.3 Å². The Labute approximate surface area is 141 Å². The fourth-order valence-electron chi connectivity index (χ4n) is 2.12. The second-order valence-electron chi connectivity index (χ2n) is 4.90. The fraction of sp³-hybridized carbons (Fsp3) is 0.188. The third kappa shape index (κ3) is 4.62. The minimum atomic E-state index is -4.65. The molecule has 2 rings (SSSR count). The lowest BCUT2D eigenvalue weighted by Gasteiger charge is -2.15. The molecule has 0 bridgehead atoms. The van der Waals surface area contributed by atoms with Crippen LogP contribution in [0.3, 0.4) is 0 Å². The van der Waals surface area contributed by atoms with Gasteiger partial charge in [0.05, 0.1) is 11.3 Å². The molecule has 0 saturated carbocycles. The minimum Gasteiger partial charge on any atom is -0.396 e. The largest absolute Gasteiger partial charge is 0.418 e. The second kappa shape index (κ2) is 7.55.